The minimum Gasteiger partial charge on any atom is -0.377 e. The molecule has 0 aliphatic carbocycles. The Bertz CT molecular complexity index is 504. The molecule has 0 amide bonds. The quantitative estimate of drug-likeness (QED) is 0.591. The Morgan fingerprint density at radius 1 is 1.59 bits per heavy atom. The zero-order valence-electron chi connectivity index (χ0n) is 13.8. The number of fused-ring (bicyclic) bond motifs is 1. The number of aliphatic imine (C=N–C) groups is 1. The molecule has 0 saturated heterocycles. The summed E-state index contributed by atoms with van der Waals surface area (Å²) in [6.07, 6.45) is 4.07. The highest BCUT2D eigenvalue weighted by atomic mass is 32.2. The maximum atomic E-state index is 5.09. The maximum Gasteiger partial charge on any atom is 0.191 e. The van der Waals surface area contributed by atoms with E-state index in [-0.39, 0.29) is 0 Å². The number of guanidine groups is 1. The van der Waals surface area contributed by atoms with Crippen molar-refractivity contribution >= 4 is 17.7 Å². The van der Waals surface area contributed by atoms with Gasteiger partial charge in [0.1, 0.15) is 12.4 Å². The summed E-state index contributed by atoms with van der Waals surface area (Å²) < 4.78 is 7.07. The Hall–Kier alpha value is -1.28. The molecule has 1 aromatic heterocycles. The van der Waals surface area contributed by atoms with Gasteiger partial charge >= 0.3 is 0 Å². The summed E-state index contributed by atoms with van der Waals surface area (Å²) in [5, 5.41) is 11.9. The molecular formula is C14H26N6OS. The second kappa shape index (κ2) is 8.38. The van der Waals surface area contributed by atoms with Gasteiger partial charge in [-0.2, -0.15) is 16.9 Å². The van der Waals surface area contributed by atoms with E-state index in [0.29, 0.717) is 17.9 Å². The lowest BCUT2D eigenvalue weighted by Gasteiger charge is -2.25. The molecule has 0 spiro atoms. The van der Waals surface area contributed by atoms with Crippen LogP contribution in [0.2, 0.25) is 0 Å². The molecule has 2 atom stereocenters. The first-order valence-electron chi connectivity index (χ1n) is 7.57. The van der Waals surface area contributed by atoms with Gasteiger partial charge < -0.3 is 15.4 Å². The molecule has 2 unspecified atom stereocenters. The van der Waals surface area contributed by atoms with Gasteiger partial charge in [-0.25, -0.2) is 9.67 Å². The summed E-state index contributed by atoms with van der Waals surface area (Å²) in [6, 6.07) is 0.320. The van der Waals surface area contributed by atoms with Crippen molar-refractivity contribution in [1.82, 2.24) is 25.4 Å². The minimum atomic E-state index is 0.320. The number of hydrogen-bond donors (Lipinski definition) is 2. The van der Waals surface area contributed by atoms with E-state index >= 15 is 0 Å². The van der Waals surface area contributed by atoms with E-state index < -0.39 is 0 Å². The number of hydrogen-bond acceptors (Lipinski definition) is 5. The van der Waals surface area contributed by atoms with Crippen molar-refractivity contribution in [2.45, 2.75) is 44.2 Å². The van der Waals surface area contributed by atoms with Gasteiger partial charge in [-0.15, -0.1) is 0 Å². The molecule has 2 heterocycles. The fraction of sp³-hybridized carbons (Fsp3) is 0.786. The third kappa shape index (κ3) is 4.61. The van der Waals surface area contributed by atoms with Crippen molar-refractivity contribution in [1.29, 1.82) is 0 Å². The van der Waals surface area contributed by atoms with E-state index in [1.165, 1.54) is 0 Å². The van der Waals surface area contributed by atoms with Crippen molar-refractivity contribution in [3.05, 3.63) is 11.6 Å². The SMILES string of the molecule is CN=C(NCC(C)SC)NC1CCc2nc(COC)nn2C1. The van der Waals surface area contributed by atoms with E-state index in [1.807, 2.05) is 16.4 Å². The first-order valence-corrected chi connectivity index (χ1v) is 8.86. The van der Waals surface area contributed by atoms with Crippen LogP contribution in [0.15, 0.2) is 4.99 Å². The number of aryl methyl sites for hydroxylation is 1. The van der Waals surface area contributed by atoms with Crippen LogP contribution in [0, 0.1) is 0 Å². The second-order valence-electron chi connectivity index (χ2n) is 5.44. The lowest BCUT2D eigenvalue weighted by atomic mass is 10.1. The smallest absolute Gasteiger partial charge is 0.191 e. The molecule has 0 radical (unpaired) electrons. The number of nitrogens with zero attached hydrogens (tertiary/aromatic N) is 4. The Morgan fingerprint density at radius 3 is 3.09 bits per heavy atom. The fourth-order valence-electron chi connectivity index (χ4n) is 2.38. The van der Waals surface area contributed by atoms with Crippen molar-refractivity contribution in [2.75, 3.05) is 27.0 Å². The lowest BCUT2D eigenvalue weighted by Crippen LogP contribution is -2.48. The topological polar surface area (TPSA) is 76.4 Å². The predicted octanol–water partition coefficient (Wildman–Crippen LogP) is 0.656. The van der Waals surface area contributed by atoms with Gasteiger partial charge in [-0.05, 0) is 12.7 Å². The molecule has 0 saturated carbocycles. The van der Waals surface area contributed by atoms with Gasteiger partial charge in [0, 0.05) is 38.4 Å². The van der Waals surface area contributed by atoms with Gasteiger partial charge in [0.05, 0.1) is 6.54 Å². The molecule has 0 aromatic carbocycles. The molecule has 0 bridgehead atoms. The van der Waals surface area contributed by atoms with Crippen LogP contribution in [-0.2, 0) is 24.3 Å². The van der Waals surface area contributed by atoms with Crippen LogP contribution in [0.4, 0.5) is 0 Å². The molecule has 1 aliphatic heterocycles. The zero-order valence-corrected chi connectivity index (χ0v) is 14.6. The lowest BCUT2D eigenvalue weighted by molar-refractivity contribution is 0.177. The van der Waals surface area contributed by atoms with Gasteiger partial charge in [-0.1, -0.05) is 6.92 Å². The summed E-state index contributed by atoms with van der Waals surface area (Å²) in [5.74, 6) is 2.66. The van der Waals surface area contributed by atoms with E-state index in [4.69, 9.17) is 4.74 Å². The van der Waals surface area contributed by atoms with Crippen LogP contribution in [0.25, 0.3) is 0 Å². The standard InChI is InChI=1S/C14H26N6OS/c1-10(22-4)7-16-14(15-2)17-11-5-6-13-18-12(9-21-3)19-20(13)8-11/h10-11H,5-9H2,1-4H3,(H2,15,16,17). The highest BCUT2D eigenvalue weighted by Crippen LogP contribution is 2.13. The Kier molecular flexibility index (Phi) is 6.50. The number of ether oxygens (including phenoxy) is 1. The van der Waals surface area contributed by atoms with E-state index in [2.05, 4.69) is 38.9 Å². The number of thioether (sulfide) groups is 1. The highest BCUT2D eigenvalue weighted by molar-refractivity contribution is 7.99. The second-order valence-corrected chi connectivity index (χ2v) is 6.71. The van der Waals surface area contributed by atoms with Crippen molar-refractivity contribution in [3.8, 4) is 0 Å². The average Bonchev–Trinajstić information content (AvgIpc) is 2.92. The third-order valence-electron chi connectivity index (χ3n) is 3.70. The van der Waals surface area contributed by atoms with Crippen molar-refractivity contribution in [2.24, 2.45) is 4.99 Å². The van der Waals surface area contributed by atoms with E-state index in [9.17, 15) is 0 Å². The number of aromatic nitrogens is 3. The Morgan fingerprint density at radius 2 is 2.41 bits per heavy atom. The molecule has 7 nitrogen and oxygen atoms in total. The fourth-order valence-corrected chi connectivity index (χ4v) is 2.63. The van der Waals surface area contributed by atoms with E-state index in [1.54, 1.807) is 14.2 Å². The largest absolute Gasteiger partial charge is 0.377 e. The average molecular weight is 326 g/mol. The van der Waals surface area contributed by atoms with Gasteiger partial charge in [-0.3, -0.25) is 4.99 Å². The Balaban J connectivity index is 1.88. The van der Waals surface area contributed by atoms with Gasteiger partial charge in [0.25, 0.3) is 0 Å². The number of rotatable bonds is 6. The number of methoxy groups -OCH3 is 1. The monoisotopic (exact) mass is 326 g/mol. The molecule has 8 heteroatoms. The normalized spacial score (nSPS) is 19.6. The summed E-state index contributed by atoms with van der Waals surface area (Å²) >= 11 is 1.84. The van der Waals surface area contributed by atoms with Crippen molar-refractivity contribution < 1.29 is 4.74 Å². The molecule has 0 fully saturated rings. The van der Waals surface area contributed by atoms with E-state index in [0.717, 1.165) is 43.5 Å². The van der Waals surface area contributed by atoms with Crippen LogP contribution in [0.1, 0.15) is 25.0 Å². The first kappa shape index (κ1) is 17.1. The molecule has 1 aromatic rings. The summed E-state index contributed by atoms with van der Waals surface area (Å²) in [4.78, 5) is 8.79. The Labute approximate surface area is 136 Å². The van der Waals surface area contributed by atoms with Crippen LogP contribution in [0.3, 0.4) is 0 Å². The van der Waals surface area contributed by atoms with Crippen LogP contribution < -0.4 is 10.6 Å². The summed E-state index contributed by atoms with van der Waals surface area (Å²) in [6.45, 7) is 4.38. The van der Waals surface area contributed by atoms with Gasteiger partial charge in [0.2, 0.25) is 0 Å². The predicted molar refractivity (Wildman–Crippen MR) is 90.3 cm³/mol. The minimum absolute atomic E-state index is 0.320. The third-order valence-corrected chi connectivity index (χ3v) is 4.67. The zero-order chi connectivity index (χ0) is 15.9. The molecule has 22 heavy (non-hydrogen) atoms. The summed E-state index contributed by atoms with van der Waals surface area (Å²) in [5.41, 5.74) is 0. The van der Waals surface area contributed by atoms with Crippen LogP contribution in [0.5, 0.6) is 0 Å². The molecule has 2 rings (SSSR count). The molecule has 1 aliphatic rings. The summed E-state index contributed by atoms with van der Waals surface area (Å²) in [7, 11) is 3.47. The maximum absolute atomic E-state index is 5.09. The molecule has 124 valence electrons. The van der Waals surface area contributed by atoms with Crippen LogP contribution in [-0.4, -0.2) is 59.0 Å². The molecular weight excluding hydrogens is 300 g/mol. The highest BCUT2D eigenvalue weighted by Gasteiger charge is 2.22. The van der Waals surface area contributed by atoms with Crippen molar-refractivity contribution in [3.63, 3.8) is 0 Å². The van der Waals surface area contributed by atoms with Gasteiger partial charge in [0.15, 0.2) is 11.8 Å². The first-order chi connectivity index (χ1) is 10.7. The molecule has 2 N–H and O–H groups in total. The van der Waals surface area contributed by atoms with Crippen LogP contribution >= 0.6 is 11.8 Å². The number of nitrogens with one attached hydrogen (secondary N) is 2.